The van der Waals surface area contributed by atoms with E-state index in [-0.39, 0.29) is 11.8 Å². The smallest absolute Gasteiger partial charge is 0.310 e. The average molecular weight is 293 g/mol. The Bertz CT molecular complexity index is 545. The number of rotatable bonds is 3. The number of carboxylic acid groups (broad SMARTS) is 1. The number of carboxylic acids is 1. The number of nitrogens with zero attached hydrogens (tertiary/aromatic N) is 1. The molecule has 4 nitrogen and oxygen atoms in total. The van der Waals surface area contributed by atoms with Crippen molar-refractivity contribution in [2.45, 2.75) is 32.6 Å². The highest BCUT2D eigenvalue weighted by atomic mass is 32.1. The van der Waals surface area contributed by atoms with Gasteiger partial charge in [-0.2, -0.15) is 0 Å². The van der Waals surface area contributed by atoms with Crippen molar-refractivity contribution in [2.24, 2.45) is 11.8 Å². The van der Waals surface area contributed by atoms with Crippen LogP contribution < -0.4 is 0 Å². The van der Waals surface area contributed by atoms with Gasteiger partial charge in [0.15, 0.2) is 0 Å². The fourth-order valence-corrected chi connectivity index (χ4v) is 4.19. The van der Waals surface area contributed by atoms with Crippen LogP contribution in [0.1, 0.15) is 39.9 Å². The number of aryl methyl sites for hydroxylation is 1. The lowest BCUT2D eigenvalue weighted by Gasteiger charge is -2.36. The molecule has 1 fully saturated rings. The molecule has 1 aromatic rings. The molecule has 0 spiro atoms. The molecule has 0 bridgehead atoms. The predicted octanol–water partition coefficient (Wildman–Crippen LogP) is 2.42. The fourth-order valence-electron chi connectivity index (χ4n) is 3.01. The number of fused-ring (bicyclic) bond motifs is 1. The molecule has 1 aliphatic heterocycles. The van der Waals surface area contributed by atoms with E-state index in [9.17, 15) is 9.59 Å². The van der Waals surface area contributed by atoms with Crippen molar-refractivity contribution in [1.29, 1.82) is 0 Å². The van der Waals surface area contributed by atoms with Crippen LogP contribution in [0.15, 0.2) is 6.07 Å². The molecule has 1 unspecified atom stereocenters. The highest BCUT2D eigenvalue weighted by Gasteiger charge is 2.36. The standard InChI is InChI=1S/C15H19NO3S/c1-2-9-3-4-12-10(5-9)6-13(20-12)14(17)16-7-11(8-16)15(18)19/h6,9,11H,2-5,7-8H2,1H3,(H,18,19). The third-order valence-electron chi connectivity index (χ3n) is 4.49. The van der Waals surface area contributed by atoms with E-state index in [1.54, 1.807) is 16.2 Å². The van der Waals surface area contributed by atoms with E-state index < -0.39 is 5.97 Å². The number of aliphatic carboxylic acids is 1. The van der Waals surface area contributed by atoms with Gasteiger partial charge in [-0.15, -0.1) is 11.3 Å². The zero-order valence-electron chi connectivity index (χ0n) is 11.6. The number of likely N-dealkylation sites (tertiary alicyclic amines) is 1. The van der Waals surface area contributed by atoms with Gasteiger partial charge in [-0.05, 0) is 36.8 Å². The maximum Gasteiger partial charge on any atom is 0.310 e. The molecule has 1 amide bonds. The molecule has 0 aromatic carbocycles. The first-order valence-corrected chi connectivity index (χ1v) is 8.03. The molecule has 1 aromatic heterocycles. The van der Waals surface area contributed by atoms with Crippen molar-refractivity contribution in [3.05, 3.63) is 21.4 Å². The van der Waals surface area contributed by atoms with Crippen LogP contribution in [0.4, 0.5) is 0 Å². The van der Waals surface area contributed by atoms with Crippen LogP contribution in [0.25, 0.3) is 0 Å². The third-order valence-corrected chi connectivity index (χ3v) is 5.72. The summed E-state index contributed by atoms with van der Waals surface area (Å²) in [5.74, 6) is -0.418. The molecule has 3 rings (SSSR count). The molecule has 5 heteroatoms. The Balaban J connectivity index is 1.68. The summed E-state index contributed by atoms with van der Waals surface area (Å²) >= 11 is 1.60. The molecule has 2 heterocycles. The summed E-state index contributed by atoms with van der Waals surface area (Å²) in [6, 6.07) is 2.04. The second-order valence-corrected chi connectivity index (χ2v) is 6.96. The zero-order valence-corrected chi connectivity index (χ0v) is 12.4. The highest BCUT2D eigenvalue weighted by molar-refractivity contribution is 7.14. The molecule has 1 aliphatic carbocycles. The Hall–Kier alpha value is -1.36. The van der Waals surface area contributed by atoms with Crippen LogP contribution in [-0.2, 0) is 17.6 Å². The van der Waals surface area contributed by atoms with Gasteiger partial charge in [0.05, 0.1) is 10.8 Å². The van der Waals surface area contributed by atoms with E-state index >= 15 is 0 Å². The topological polar surface area (TPSA) is 57.6 Å². The van der Waals surface area contributed by atoms with Crippen LogP contribution in [0, 0.1) is 11.8 Å². The Morgan fingerprint density at radius 2 is 2.20 bits per heavy atom. The van der Waals surface area contributed by atoms with Crippen molar-refractivity contribution in [1.82, 2.24) is 4.90 Å². The molecule has 0 saturated carbocycles. The lowest BCUT2D eigenvalue weighted by Crippen LogP contribution is -2.52. The molecule has 1 atom stereocenters. The largest absolute Gasteiger partial charge is 0.481 e. The maximum absolute atomic E-state index is 12.3. The summed E-state index contributed by atoms with van der Waals surface area (Å²) < 4.78 is 0. The number of carbonyl (C=O) groups is 2. The molecule has 20 heavy (non-hydrogen) atoms. The molecular weight excluding hydrogens is 274 g/mol. The van der Waals surface area contributed by atoms with Crippen LogP contribution in [-0.4, -0.2) is 35.0 Å². The first-order valence-electron chi connectivity index (χ1n) is 7.22. The first kappa shape index (κ1) is 13.6. The minimum Gasteiger partial charge on any atom is -0.481 e. The van der Waals surface area contributed by atoms with Crippen LogP contribution in [0.3, 0.4) is 0 Å². The molecular formula is C15H19NO3S. The fraction of sp³-hybridized carbons (Fsp3) is 0.600. The lowest BCUT2D eigenvalue weighted by atomic mass is 9.87. The quantitative estimate of drug-likeness (QED) is 0.931. The van der Waals surface area contributed by atoms with Crippen LogP contribution in [0.2, 0.25) is 0 Å². The minimum atomic E-state index is -0.801. The van der Waals surface area contributed by atoms with E-state index in [0.29, 0.717) is 13.1 Å². The van der Waals surface area contributed by atoms with E-state index in [1.165, 1.54) is 23.3 Å². The number of carbonyl (C=O) groups excluding carboxylic acids is 1. The van der Waals surface area contributed by atoms with Gasteiger partial charge in [0.25, 0.3) is 5.91 Å². The number of thiophene rings is 1. The molecule has 1 N–H and O–H groups in total. The third kappa shape index (κ3) is 2.35. The molecule has 0 radical (unpaired) electrons. The first-order chi connectivity index (χ1) is 9.58. The summed E-state index contributed by atoms with van der Waals surface area (Å²) in [5.41, 5.74) is 1.34. The maximum atomic E-state index is 12.3. The van der Waals surface area contributed by atoms with E-state index in [1.807, 2.05) is 6.07 Å². The van der Waals surface area contributed by atoms with Gasteiger partial charge < -0.3 is 10.0 Å². The predicted molar refractivity (Wildman–Crippen MR) is 77.2 cm³/mol. The Morgan fingerprint density at radius 1 is 1.45 bits per heavy atom. The van der Waals surface area contributed by atoms with Gasteiger partial charge in [0.2, 0.25) is 0 Å². The van der Waals surface area contributed by atoms with E-state index in [2.05, 4.69) is 6.92 Å². The van der Waals surface area contributed by atoms with Gasteiger partial charge in [0.1, 0.15) is 0 Å². The summed E-state index contributed by atoms with van der Waals surface area (Å²) in [6.45, 7) is 2.93. The van der Waals surface area contributed by atoms with Gasteiger partial charge in [-0.1, -0.05) is 13.3 Å². The van der Waals surface area contributed by atoms with Crippen LogP contribution >= 0.6 is 11.3 Å². The van der Waals surface area contributed by atoms with Gasteiger partial charge in [-0.3, -0.25) is 9.59 Å². The molecule has 108 valence electrons. The summed E-state index contributed by atoms with van der Waals surface area (Å²) in [6.07, 6.45) is 4.60. The number of amides is 1. The van der Waals surface area contributed by atoms with E-state index in [0.717, 1.165) is 23.6 Å². The summed E-state index contributed by atoms with van der Waals surface area (Å²) in [5, 5.41) is 8.86. The van der Waals surface area contributed by atoms with E-state index in [4.69, 9.17) is 5.11 Å². The molecule has 2 aliphatic rings. The Morgan fingerprint density at radius 3 is 2.85 bits per heavy atom. The second-order valence-electron chi connectivity index (χ2n) is 5.82. The Kier molecular flexibility index (Phi) is 3.54. The monoisotopic (exact) mass is 293 g/mol. The van der Waals surface area contributed by atoms with Crippen molar-refractivity contribution in [3.63, 3.8) is 0 Å². The second kappa shape index (κ2) is 5.20. The van der Waals surface area contributed by atoms with Gasteiger partial charge in [-0.25, -0.2) is 0 Å². The zero-order chi connectivity index (χ0) is 14.3. The number of hydrogen-bond donors (Lipinski definition) is 1. The van der Waals surface area contributed by atoms with Crippen molar-refractivity contribution in [3.8, 4) is 0 Å². The minimum absolute atomic E-state index is 0.00921. The Labute approximate surface area is 122 Å². The number of hydrogen-bond acceptors (Lipinski definition) is 3. The average Bonchev–Trinajstić information content (AvgIpc) is 2.78. The van der Waals surface area contributed by atoms with Crippen molar-refractivity contribution < 1.29 is 14.7 Å². The molecule has 1 saturated heterocycles. The van der Waals surface area contributed by atoms with Gasteiger partial charge in [0, 0.05) is 18.0 Å². The summed E-state index contributed by atoms with van der Waals surface area (Å²) in [4.78, 5) is 26.9. The van der Waals surface area contributed by atoms with Crippen LogP contribution in [0.5, 0.6) is 0 Å². The normalized spacial score (nSPS) is 22.2. The highest BCUT2D eigenvalue weighted by Crippen LogP contribution is 2.34. The van der Waals surface area contributed by atoms with Crippen molar-refractivity contribution >= 4 is 23.2 Å². The lowest BCUT2D eigenvalue weighted by molar-refractivity contribution is -0.146. The SMILES string of the molecule is CCC1CCc2sc(C(=O)N3CC(C(=O)O)C3)cc2C1. The summed E-state index contributed by atoms with van der Waals surface area (Å²) in [7, 11) is 0. The van der Waals surface area contributed by atoms with Crippen molar-refractivity contribution in [2.75, 3.05) is 13.1 Å². The van der Waals surface area contributed by atoms with Gasteiger partial charge >= 0.3 is 5.97 Å².